The number of nitrogens with zero attached hydrogens (tertiary/aromatic N) is 1. The Labute approximate surface area is 207 Å². The smallest absolute Gasteiger partial charge is 0.329 e. The molecule has 10 heteroatoms. The van der Waals surface area contributed by atoms with Gasteiger partial charge in [-0.3, -0.25) is 19.2 Å². The number of aromatic amines is 1. The van der Waals surface area contributed by atoms with Gasteiger partial charge >= 0.3 is 11.7 Å². The first-order valence-corrected chi connectivity index (χ1v) is 11.7. The maximum Gasteiger partial charge on any atom is 0.329 e. The van der Waals surface area contributed by atoms with Crippen LogP contribution in [0.25, 0.3) is 10.9 Å². The minimum Gasteiger partial charge on any atom is -0.480 e. The fourth-order valence-electron chi connectivity index (χ4n) is 3.91. The molecule has 0 bridgehead atoms. The summed E-state index contributed by atoms with van der Waals surface area (Å²) in [6, 6.07) is 11.9. The third-order valence-corrected chi connectivity index (χ3v) is 6.25. The van der Waals surface area contributed by atoms with Gasteiger partial charge in [0.2, 0.25) is 11.8 Å². The molecule has 0 saturated carbocycles. The standard InChI is InChI=1S/C26H30N4O6/c1-4-15(2)21(23(32)27-16(3)25(34)35)29-22(31)20(14-17-10-6-5-7-11-17)30-24(33)18-12-8-9-13-19(18)28-26(30)36/h5-13,15-16,20-21H,4,14H2,1-3H3,(H,27,32)(H,28,36)(H,29,31)(H,34,35)/t15?,16-,20-,21+/m1/s1. The van der Waals surface area contributed by atoms with Crippen LogP contribution in [0.3, 0.4) is 0 Å². The summed E-state index contributed by atoms with van der Waals surface area (Å²) < 4.78 is 0.871. The normalized spacial score (nSPS) is 14.4. The summed E-state index contributed by atoms with van der Waals surface area (Å²) in [4.78, 5) is 66.7. The number of carboxylic acids is 1. The maximum atomic E-state index is 13.6. The first-order valence-electron chi connectivity index (χ1n) is 11.7. The van der Waals surface area contributed by atoms with E-state index in [1.165, 1.54) is 6.92 Å². The highest BCUT2D eigenvalue weighted by atomic mass is 16.4. The van der Waals surface area contributed by atoms with Crippen molar-refractivity contribution in [3.05, 3.63) is 81.0 Å². The monoisotopic (exact) mass is 494 g/mol. The summed E-state index contributed by atoms with van der Waals surface area (Å²) in [5, 5.41) is 14.5. The number of fused-ring (bicyclic) bond motifs is 1. The lowest BCUT2D eigenvalue weighted by Crippen LogP contribution is -2.56. The second kappa shape index (κ2) is 11.5. The van der Waals surface area contributed by atoms with Crippen molar-refractivity contribution in [2.24, 2.45) is 5.92 Å². The predicted octanol–water partition coefficient (Wildman–Crippen LogP) is 1.59. The zero-order valence-electron chi connectivity index (χ0n) is 20.4. The molecule has 0 spiro atoms. The van der Waals surface area contributed by atoms with E-state index in [-0.39, 0.29) is 17.7 Å². The van der Waals surface area contributed by atoms with Crippen LogP contribution in [-0.2, 0) is 20.8 Å². The number of carboxylic acid groups (broad SMARTS) is 1. The topological polar surface area (TPSA) is 150 Å². The molecule has 2 amide bonds. The van der Waals surface area contributed by atoms with Gasteiger partial charge in [-0.2, -0.15) is 0 Å². The second-order valence-corrected chi connectivity index (χ2v) is 8.80. The van der Waals surface area contributed by atoms with E-state index in [1.807, 2.05) is 6.92 Å². The Kier molecular flexibility index (Phi) is 8.42. The third-order valence-electron chi connectivity index (χ3n) is 6.25. The van der Waals surface area contributed by atoms with Crippen LogP contribution in [0.1, 0.15) is 38.8 Å². The van der Waals surface area contributed by atoms with Gasteiger partial charge in [-0.05, 0) is 30.5 Å². The number of aromatic nitrogens is 2. The summed E-state index contributed by atoms with van der Waals surface area (Å²) in [5.74, 6) is -2.93. The second-order valence-electron chi connectivity index (χ2n) is 8.80. The molecule has 10 nitrogen and oxygen atoms in total. The predicted molar refractivity (Wildman–Crippen MR) is 135 cm³/mol. The Hall–Kier alpha value is -4.21. The molecule has 36 heavy (non-hydrogen) atoms. The van der Waals surface area contributed by atoms with Crippen LogP contribution in [0.4, 0.5) is 0 Å². The first-order chi connectivity index (χ1) is 17.1. The lowest BCUT2D eigenvalue weighted by atomic mass is 9.96. The zero-order chi connectivity index (χ0) is 26.4. The lowest BCUT2D eigenvalue weighted by molar-refractivity contribution is -0.142. The minimum absolute atomic E-state index is 0.0222. The van der Waals surface area contributed by atoms with Crippen LogP contribution in [-0.4, -0.2) is 44.5 Å². The molecule has 0 aliphatic heterocycles. The van der Waals surface area contributed by atoms with E-state index in [1.54, 1.807) is 61.5 Å². The number of hydrogen-bond donors (Lipinski definition) is 4. The number of para-hydroxylation sites is 1. The molecule has 0 aliphatic carbocycles. The minimum atomic E-state index is -1.26. The Morgan fingerprint density at radius 2 is 1.58 bits per heavy atom. The first kappa shape index (κ1) is 26.4. The fourth-order valence-corrected chi connectivity index (χ4v) is 3.91. The Morgan fingerprint density at radius 3 is 2.22 bits per heavy atom. The van der Waals surface area contributed by atoms with Crippen molar-refractivity contribution < 1.29 is 19.5 Å². The number of H-pyrrole nitrogens is 1. The fraction of sp³-hybridized carbons (Fsp3) is 0.346. The highest BCUT2D eigenvalue weighted by molar-refractivity contribution is 5.91. The van der Waals surface area contributed by atoms with E-state index in [9.17, 15) is 24.0 Å². The van der Waals surface area contributed by atoms with Crippen molar-refractivity contribution in [2.75, 3.05) is 0 Å². The molecule has 0 fully saturated rings. The van der Waals surface area contributed by atoms with Gasteiger partial charge in [-0.25, -0.2) is 9.36 Å². The van der Waals surface area contributed by atoms with Gasteiger partial charge in [-0.15, -0.1) is 0 Å². The molecular formula is C26H30N4O6. The van der Waals surface area contributed by atoms with E-state index in [4.69, 9.17) is 5.11 Å². The van der Waals surface area contributed by atoms with Crippen LogP contribution in [0.15, 0.2) is 64.2 Å². The zero-order valence-corrected chi connectivity index (χ0v) is 20.4. The van der Waals surface area contributed by atoms with Crippen LogP contribution >= 0.6 is 0 Å². The molecular weight excluding hydrogens is 464 g/mol. The molecule has 1 unspecified atom stereocenters. The van der Waals surface area contributed by atoms with Crippen LogP contribution in [0.2, 0.25) is 0 Å². The van der Waals surface area contributed by atoms with Gasteiger partial charge in [0.25, 0.3) is 5.56 Å². The molecule has 2 aromatic carbocycles. The van der Waals surface area contributed by atoms with E-state index >= 15 is 0 Å². The lowest BCUT2D eigenvalue weighted by Gasteiger charge is -2.27. The molecule has 1 aromatic heterocycles. The molecule has 3 rings (SSSR count). The highest BCUT2D eigenvalue weighted by Crippen LogP contribution is 2.16. The Morgan fingerprint density at radius 1 is 0.944 bits per heavy atom. The third kappa shape index (κ3) is 5.88. The summed E-state index contributed by atoms with van der Waals surface area (Å²) in [5.41, 5.74) is -0.323. The van der Waals surface area contributed by atoms with Crippen molar-refractivity contribution >= 4 is 28.7 Å². The van der Waals surface area contributed by atoms with E-state index in [0.717, 1.165) is 4.57 Å². The number of hydrogen-bond acceptors (Lipinski definition) is 5. The van der Waals surface area contributed by atoms with Gasteiger partial charge in [0.05, 0.1) is 10.9 Å². The number of amides is 2. The number of benzene rings is 2. The molecule has 4 atom stereocenters. The molecule has 190 valence electrons. The Bertz CT molecular complexity index is 1360. The number of rotatable bonds is 10. The summed E-state index contributed by atoms with van der Waals surface area (Å²) in [6.07, 6.45) is 0.536. The summed E-state index contributed by atoms with van der Waals surface area (Å²) in [7, 11) is 0. The Balaban J connectivity index is 2.05. The van der Waals surface area contributed by atoms with Gasteiger partial charge in [-0.1, -0.05) is 62.7 Å². The van der Waals surface area contributed by atoms with Crippen LogP contribution in [0.5, 0.6) is 0 Å². The molecule has 1 heterocycles. The largest absolute Gasteiger partial charge is 0.480 e. The van der Waals surface area contributed by atoms with Gasteiger partial charge in [0.15, 0.2) is 0 Å². The quantitative estimate of drug-likeness (QED) is 0.336. The molecule has 0 saturated heterocycles. The maximum absolute atomic E-state index is 13.6. The van der Waals surface area contributed by atoms with E-state index in [2.05, 4.69) is 15.6 Å². The number of nitrogens with one attached hydrogen (secondary N) is 3. The van der Waals surface area contributed by atoms with Crippen molar-refractivity contribution in [1.29, 1.82) is 0 Å². The number of carbonyl (C=O) groups is 3. The summed E-state index contributed by atoms with van der Waals surface area (Å²) >= 11 is 0. The number of carbonyl (C=O) groups excluding carboxylic acids is 2. The van der Waals surface area contributed by atoms with E-state index in [0.29, 0.717) is 17.5 Å². The van der Waals surface area contributed by atoms with E-state index < -0.39 is 47.2 Å². The molecule has 0 aliphatic rings. The van der Waals surface area contributed by atoms with Crippen molar-refractivity contribution in [3.8, 4) is 0 Å². The molecule has 0 radical (unpaired) electrons. The van der Waals surface area contributed by atoms with Crippen molar-refractivity contribution in [2.45, 2.75) is 51.7 Å². The number of aliphatic carboxylic acids is 1. The van der Waals surface area contributed by atoms with Gasteiger partial charge in [0, 0.05) is 6.42 Å². The molecule has 3 aromatic rings. The van der Waals surface area contributed by atoms with Gasteiger partial charge < -0.3 is 20.7 Å². The van der Waals surface area contributed by atoms with Crippen molar-refractivity contribution in [1.82, 2.24) is 20.2 Å². The highest BCUT2D eigenvalue weighted by Gasteiger charge is 2.32. The molecule has 4 N–H and O–H groups in total. The summed E-state index contributed by atoms with van der Waals surface area (Å²) in [6.45, 7) is 4.90. The van der Waals surface area contributed by atoms with Crippen molar-refractivity contribution in [3.63, 3.8) is 0 Å². The van der Waals surface area contributed by atoms with Gasteiger partial charge in [0.1, 0.15) is 18.1 Å². The SMILES string of the molecule is CCC(C)[C@H](NC(=O)[C@@H](Cc1ccccc1)n1c(=O)[nH]c2ccccc2c1=O)C(=O)N[C@H](C)C(=O)O. The van der Waals surface area contributed by atoms with Crippen LogP contribution < -0.4 is 21.9 Å². The van der Waals surface area contributed by atoms with Crippen LogP contribution in [0, 0.1) is 5.92 Å². The average molecular weight is 495 g/mol. The average Bonchev–Trinajstić information content (AvgIpc) is 2.86.